The van der Waals surface area contributed by atoms with E-state index in [2.05, 4.69) is 45.5 Å². The first kappa shape index (κ1) is 17.9. The van der Waals surface area contributed by atoms with Crippen LogP contribution in [0.5, 0.6) is 0 Å². The molecule has 5 rings (SSSR count). The SMILES string of the molecule is O=C(C[C@H]1CC2(CCN(Cc3cccnc3)CC2)c2ccccc21)NC1CC1. The van der Waals surface area contributed by atoms with Gasteiger partial charge in [-0.05, 0) is 79.3 Å². The summed E-state index contributed by atoms with van der Waals surface area (Å²) in [6, 6.07) is 13.5. The molecule has 3 aliphatic rings. The van der Waals surface area contributed by atoms with Crippen molar-refractivity contribution in [3.63, 3.8) is 0 Å². The van der Waals surface area contributed by atoms with Crippen molar-refractivity contribution in [2.45, 2.75) is 62.4 Å². The molecule has 1 saturated heterocycles. The summed E-state index contributed by atoms with van der Waals surface area (Å²) in [5, 5.41) is 3.18. The van der Waals surface area contributed by atoms with Gasteiger partial charge < -0.3 is 5.32 Å². The number of nitrogens with one attached hydrogen (secondary N) is 1. The molecule has 2 heterocycles. The van der Waals surface area contributed by atoms with E-state index in [9.17, 15) is 4.79 Å². The van der Waals surface area contributed by atoms with E-state index in [0.717, 1.165) is 38.9 Å². The zero-order chi connectivity index (χ0) is 19.0. The molecule has 1 saturated carbocycles. The molecular weight excluding hydrogens is 346 g/mol. The zero-order valence-electron chi connectivity index (χ0n) is 16.4. The fourth-order valence-corrected chi connectivity index (χ4v) is 5.31. The van der Waals surface area contributed by atoms with Crippen molar-refractivity contribution in [2.75, 3.05) is 13.1 Å². The van der Waals surface area contributed by atoms with Crippen LogP contribution in [0.2, 0.25) is 0 Å². The third-order valence-corrected chi connectivity index (χ3v) is 6.93. The van der Waals surface area contributed by atoms with Crippen molar-refractivity contribution in [1.29, 1.82) is 0 Å². The van der Waals surface area contributed by atoms with Gasteiger partial charge in [0.1, 0.15) is 0 Å². The second-order valence-electron chi connectivity index (χ2n) is 8.95. The van der Waals surface area contributed by atoms with Crippen LogP contribution in [0.1, 0.15) is 61.1 Å². The molecule has 1 aliphatic heterocycles. The lowest BCUT2D eigenvalue weighted by atomic mass is 9.73. The van der Waals surface area contributed by atoms with Gasteiger partial charge in [0.15, 0.2) is 0 Å². The second-order valence-corrected chi connectivity index (χ2v) is 8.95. The Labute approximate surface area is 167 Å². The lowest BCUT2D eigenvalue weighted by molar-refractivity contribution is -0.121. The Morgan fingerprint density at radius 3 is 2.71 bits per heavy atom. The average Bonchev–Trinajstić information content (AvgIpc) is 3.48. The second kappa shape index (κ2) is 7.32. The van der Waals surface area contributed by atoms with Crippen LogP contribution in [0.15, 0.2) is 48.8 Å². The average molecular weight is 376 g/mol. The highest BCUT2D eigenvalue weighted by atomic mass is 16.1. The van der Waals surface area contributed by atoms with Crippen LogP contribution in [0.4, 0.5) is 0 Å². The van der Waals surface area contributed by atoms with E-state index in [1.807, 2.05) is 18.5 Å². The molecule has 1 atom stereocenters. The van der Waals surface area contributed by atoms with Crippen LogP contribution in [0.25, 0.3) is 0 Å². The first-order chi connectivity index (χ1) is 13.7. The molecule has 146 valence electrons. The molecule has 0 unspecified atom stereocenters. The number of piperidine rings is 1. The van der Waals surface area contributed by atoms with Crippen molar-refractivity contribution >= 4 is 5.91 Å². The summed E-state index contributed by atoms with van der Waals surface area (Å²) in [5.41, 5.74) is 4.49. The Kier molecular flexibility index (Phi) is 4.67. The fourth-order valence-electron chi connectivity index (χ4n) is 5.31. The van der Waals surface area contributed by atoms with Gasteiger partial charge in [-0.3, -0.25) is 14.7 Å². The van der Waals surface area contributed by atoms with Crippen molar-refractivity contribution in [3.05, 3.63) is 65.5 Å². The summed E-state index contributed by atoms with van der Waals surface area (Å²) in [4.78, 5) is 19.3. The maximum absolute atomic E-state index is 12.5. The van der Waals surface area contributed by atoms with Gasteiger partial charge in [-0.1, -0.05) is 30.3 Å². The van der Waals surface area contributed by atoms with E-state index >= 15 is 0 Å². The molecule has 1 aromatic heterocycles. The predicted molar refractivity (Wildman–Crippen MR) is 110 cm³/mol. The molecule has 2 aromatic rings. The lowest BCUT2D eigenvalue weighted by Crippen LogP contribution is -2.41. The van der Waals surface area contributed by atoms with Gasteiger partial charge in [0.05, 0.1) is 0 Å². The summed E-state index contributed by atoms with van der Waals surface area (Å²) in [6.07, 6.45) is 10.3. The van der Waals surface area contributed by atoms with Crippen LogP contribution in [0.3, 0.4) is 0 Å². The van der Waals surface area contributed by atoms with E-state index in [0.29, 0.717) is 18.4 Å². The van der Waals surface area contributed by atoms with Crippen molar-refractivity contribution in [2.24, 2.45) is 0 Å². The number of amides is 1. The molecule has 2 aliphatic carbocycles. The standard InChI is InChI=1S/C24H29N3O/c28-23(26-20-7-8-20)14-19-15-24(22-6-2-1-5-21(19)22)9-12-27(13-10-24)17-18-4-3-11-25-16-18/h1-6,11,16,19-20H,7-10,12-15,17H2,(H,26,28)/t19-/m0/s1. The van der Waals surface area contributed by atoms with Crippen LogP contribution in [-0.2, 0) is 16.8 Å². The Morgan fingerprint density at radius 1 is 1.14 bits per heavy atom. The minimum Gasteiger partial charge on any atom is -0.353 e. The Balaban J connectivity index is 1.28. The van der Waals surface area contributed by atoms with Gasteiger partial charge in [0.2, 0.25) is 5.91 Å². The third kappa shape index (κ3) is 3.58. The number of rotatable bonds is 5. The molecule has 28 heavy (non-hydrogen) atoms. The molecular formula is C24H29N3O. The van der Waals surface area contributed by atoms with Gasteiger partial charge in [-0.2, -0.15) is 0 Å². The molecule has 4 heteroatoms. The Bertz CT molecular complexity index is 838. The maximum Gasteiger partial charge on any atom is 0.220 e. The largest absolute Gasteiger partial charge is 0.353 e. The van der Waals surface area contributed by atoms with Crippen LogP contribution in [0, 0.1) is 0 Å². The quantitative estimate of drug-likeness (QED) is 0.865. The zero-order valence-corrected chi connectivity index (χ0v) is 16.4. The van der Waals surface area contributed by atoms with E-state index in [1.54, 1.807) is 0 Å². The van der Waals surface area contributed by atoms with Gasteiger partial charge in [-0.15, -0.1) is 0 Å². The van der Waals surface area contributed by atoms with Crippen LogP contribution >= 0.6 is 0 Å². The minimum absolute atomic E-state index is 0.244. The van der Waals surface area contributed by atoms with Crippen LogP contribution < -0.4 is 5.32 Å². The first-order valence-electron chi connectivity index (χ1n) is 10.7. The summed E-state index contributed by atoms with van der Waals surface area (Å²) in [6.45, 7) is 3.22. The fraction of sp³-hybridized carbons (Fsp3) is 0.500. The van der Waals surface area contributed by atoms with Gasteiger partial charge >= 0.3 is 0 Å². The molecule has 2 fully saturated rings. The summed E-state index contributed by atoms with van der Waals surface area (Å²) >= 11 is 0. The number of fused-ring (bicyclic) bond motifs is 2. The van der Waals surface area contributed by atoms with Gasteiger partial charge in [-0.25, -0.2) is 0 Å². The monoisotopic (exact) mass is 375 g/mol. The number of aromatic nitrogens is 1. The summed E-state index contributed by atoms with van der Waals surface area (Å²) in [5.74, 6) is 0.619. The molecule has 1 aromatic carbocycles. The number of carbonyl (C=O) groups is 1. The number of hydrogen-bond donors (Lipinski definition) is 1. The van der Waals surface area contributed by atoms with E-state index in [4.69, 9.17) is 0 Å². The Hall–Kier alpha value is -2.20. The van der Waals surface area contributed by atoms with Crippen molar-refractivity contribution < 1.29 is 4.79 Å². The summed E-state index contributed by atoms with van der Waals surface area (Å²) in [7, 11) is 0. The highest BCUT2D eigenvalue weighted by molar-refractivity contribution is 5.78. The van der Waals surface area contributed by atoms with Crippen LogP contribution in [-0.4, -0.2) is 34.9 Å². The lowest BCUT2D eigenvalue weighted by Gasteiger charge is -2.40. The highest BCUT2D eigenvalue weighted by Crippen LogP contribution is 2.52. The number of carbonyl (C=O) groups excluding carboxylic acids is 1. The normalized spacial score (nSPS) is 23.5. The number of nitrogens with zero attached hydrogens (tertiary/aromatic N) is 2. The molecule has 0 bridgehead atoms. The minimum atomic E-state index is 0.244. The van der Waals surface area contributed by atoms with Gasteiger partial charge in [0.25, 0.3) is 0 Å². The smallest absolute Gasteiger partial charge is 0.220 e. The van der Waals surface area contributed by atoms with E-state index < -0.39 is 0 Å². The molecule has 4 nitrogen and oxygen atoms in total. The number of pyridine rings is 1. The summed E-state index contributed by atoms with van der Waals surface area (Å²) < 4.78 is 0. The maximum atomic E-state index is 12.5. The number of benzene rings is 1. The number of likely N-dealkylation sites (tertiary alicyclic amines) is 1. The molecule has 1 N–H and O–H groups in total. The topological polar surface area (TPSA) is 45.2 Å². The van der Waals surface area contributed by atoms with Crippen molar-refractivity contribution in [1.82, 2.24) is 15.2 Å². The predicted octanol–water partition coefficient (Wildman–Crippen LogP) is 3.77. The number of hydrogen-bond acceptors (Lipinski definition) is 3. The van der Waals surface area contributed by atoms with Gasteiger partial charge in [0, 0.05) is 31.4 Å². The first-order valence-corrected chi connectivity index (χ1v) is 10.7. The molecule has 1 amide bonds. The van der Waals surface area contributed by atoms with Crippen molar-refractivity contribution in [3.8, 4) is 0 Å². The Morgan fingerprint density at radius 2 is 1.96 bits per heavy atom. The van der Waals surface area contributed by atoms with E-state index in [1.165, 1.54) is 29.5 Å². The van der Waals surface area contributed by atoms with E-state index in [-0.39, 0.29) is 11.3 Å². The molecule has 0 radical (unpaired) electrons. The highest BCUT2D eigenvalue weighted by Gasteiger charge is 2.45. The third-order valence-electron chi connectivity index (χ3n) is 6.93. The molecule has 1 spiro atoms.